The van der Waals surface area contributed by atoms with Crippen LogP contribution in [0.5, 0.6) is 0 Å². The smallest absolute Gasteiger partial charge is 0.324 e. The lowest BCUT2D eigenvalue weighted by Crippen LogP contribution is -2.45. The molecule has 1 aromatic heterocycles. The number of alkyl halides is 3. The summed E-state index contributed by atoms with van der Waals surface area (Å²) in [5, 5.41) is 4.46. The van der Waals surface area contributed by atoms with E-state index in [0.29, 0.717) is 21.9 Å². The van der Waals surface area contributed by atoms with Crippen LogP contribution in [-0.2, 0) is 12.8 Å². The second-order valence-electron chi connectivity index (χ2n) is 6.62. The van der Waals surface area contributed by atoms with Gasteiger partial charge in [0.15, 0.2) is 5.82 Å². The van der Waals surface area contributed by atoms with E-state index in [0.717, 1.165) is 31.0 Å². The molecule has 0 fully saturated rings. The van der Waals surface area contributed by atoms with Gasteiger partial charge in [-0.3, -0.25) is 5.01 Å². The second kappa shape index (κ2) is 6.79. The van der Waals surface area contributed by atoms with Gasteiger partial charge >= 0.3 is 6.18 Å². The molecule has 0 saturated heterocycles. The number of aryl methyl sites for hydroxylation is 2. The number of halogens is 4. The second-order valence-corrected chi connectivity index (χ2v) is 7.47. The van der Waals surface area contributed by atoms with Gasteiger partial charge in [-0.1, -0.05) is 6.07 Å². The van der Waals surface area contributed by atoms with Crippen LogP contribution in [0.2, 0.25) is 0 Å². The van der Waals surface area contributed by atoms with Gasteiger partial charge in [0.25, 0.3) is 0 Å². The lowest BCUT2D eigenvalue weighted by atomic mass is 10.1. The van der Waals surface area contributed by atoms with Gasteiger partial charge in [0.1, 0.15) is 6.04 Å². The van der Waals surface area contributed by atoms with Gasteiger partial charge in [0.05, 0.1) is 4.47 Å². The van der Waals surface area contributed by atoms with E-state index in [1.165, 1.54) is 22.3 Å². The van der Waals surface area contributed by atoms with Crippen LogP contribution in [-0.4, -0.2) is 22.2 Å². The number of anilines is 3. The van der Waals surface area contributed by atoms with E-state index in [2.05, 4.69) is 48.8 Å². The lowest BCUT2D eigenvalue weighted by Gasteiger charge is -2.23. The first kappa shape index (κ1) is 18.2. The summed E-state index contributed by atoms with van der Waals surface area (Å²) >= 11 is 3.32. The van der Waals surface area contributed by atoms with Crippen LogP contribution in [0, 0.1) is 0 Å². The molecule has 0 saturated carbocycles. The van der Waals surface area contributed by atoms with Crippen LogP contribution in [0.15, 0.2) is 40.6 Å². The Kier molecular flexibility index (Phi) is 4.59. The average Bonchev–Trinajstić information content (AvgIpc) is 3.22. The largest absolute Gasteiger partial charge is 0.409 e. The molecule has 5 nitrogen and oxygen atoms in total. The van der Waals surface area contributed by atoms with Crippen LogP contribution < -0.4 is 15.8 Å². The number of hydrogen-bond donors (Lipinski definition) is 2. The van der Waals surface area contributed by atoms with E-state index >= 15 is 0 Å². The van der Waals surface area contributed by atoms with Gasteiger partial charge in [-0.05, 0) is 71.5 Å². The summed E-state index contributed by atoms with van der Waals surface area (Å²) in [6, 6.07) is 4.39. The molecular weight excluding hydrogens is 423 g/mol. The highest BCUT2D eigenvalue weighted by atomic mass is 79.9. The SMILES string of the molecule is CC1=CC(C(F)(F)F)NN1c1nc(Nc2ccc3c(c2)CCC3)ncc1Br. The highest BCUT2D eigenvalue weighted by molar-refractivity contribution is 9.10. The van der Waals surface area contributed by atoms with E-state index in [9.17, 15) is 13.2 Å². The summed E-state index contributed by atoms with van der Waals surface area (Å²) in [5.41, 5.74) is 6.38. The summed E-state index contributed by atoms with van der Waals surface area (Å²) in [6.45, 7) is 1.60. The maximum atomic E-state index is 13.0. The standard InChI is InChI=1S/C18H17BrF3N5/c1-10-7-15(18(20,21)22)26-27(10)16-14(19)9-23-17(25-16)24-13-6-5-11-3-2-4-12(11)8-13/h5-9,15,26H,2-4H2,1H3,(H,23,24,25). The van der Waals surface area contributed by atoms with Gasteiger partial charge in [0, 0.05) is 17.6 Å². The van der Waals surface area contributed by atoms with E-state index in [1.54, 1.807) is 6.92 Å². The Morgan fingerprint density at radius 2 is 2.04 bits per heavy atom. The minimum absolute atomic E-state index is 0.314. The molecule has 142 valence electrons. The minimum atomic E-state index is -4.37. The topological polar surface area (TPSA) is 53.1 Å². The average molecular weight is 440 g/mol. The van der Waals surface area contributed by atoms with Crippen molar-refractivity contribution >= 4 is 33.4 Å². The third-order valence-electron chi connectivity index (χ3n) is 4.67. The molecule has 0 radical (unpaired) electrons. The van der Waals surface area contributed by atoms with Crippen LogP contribution in [0.25, 0.3) is 0 Å². The van der Waals surface area contributed by atoms with E-state index < -0.39 is 12.2 Å². The number of hydrazine groups is 1. The molecule has 1 aliphatic heterocycles. The fourth-order valence-corrected chi connectivity index (χ4v) is 3.71. The Morgan fingerprint density at radius 1 is 1.26 bits per heavy atom. The number of nitrogens with zero attached hydrogens (tertiary/aromatic N) is 3. The molecule has 1 atom stereocenters. The van der Waals surface area contributed by atoms with Crippen LogP contribution >= 0.6 is 15.9 Å². The summed E-state index contributed by atoms with van der Waals surface area (Å²) in [5.74, 6) is 0.630. The van der Waals surface area contributed by atoms with Crippen molar-refractivity contribution in [2.75, 3.05) is 10.3 Å². The molecule has 0 bridgehead atoms. The molecule has 2 aliphatic rings. The van der Waals surface area contributed by atoms with Crippen LogP contribution in [0.4, 0.5) is 30.6 Å². The van der Waals surface area contributed by atoms with Crippen LogP contribution in [0.3, 0.4) is 0 Å². The fourth-order valence-electron chi connectivity index (χ4n) is 3.34. The number of allylic oxidation sites excluding steroid dienone is 1. The molecule has 0 amide bonds. The number of rotatable bonds is 3. The predicted molar refractivity (Wildman–Crippen MR) is 101 cm³/mol. The molecule has 1 aliphatic carbocycles. The van der Waals surface area contributed by atoms with Crippen molar-refractivity contribution in [3.63, 3.8) is 0 Å². The minimum Gasteiger partial charge on any atom is -0.324 e. The Balaban J connectivity index is 1.58. The van der Waals surface area contributed by atoms with Gasteiger partial charge in [0.2, 0.25) is 5.95 Å². The van der Waals surface area contributed by atoms with Gasteiger partial charge < -0.3 is 5.32 Å². The fraction of sp³-hybridized carbons (Fsp3) is 0.333. The summed E-state index contributed by atoms with van der Waals surface area (Å²) < 4.78 is 39.5. The molecule has 2 aromatic rings. The van der Waals surface area contributed by atoms with Crippen molar-refractivity contribution in [3.05, 3.63) is 51.8 Å². The normalized spacial score (nSPS) is 19.2. The number of aromatic nitrogens is 2. The Morgan fingerprint density at radius 3 is 2.78 bits per heavy atom. The maximum absolute atomic E-state index is 13.0. The molecule has 0 spiro atoms. The van der Waals surface area contributed by atoms with Gasteiger partial charge in [-0.2, -0.15) is 18.2 Å². The highest BCUT2D eigenvalue weighted by Crippen LogP contribution is 2.33. The van der Waals surface area contributed by atoms with Crippen molar-refractivity contribution in [2.45, 2.75) is 38.4 Å². The van der Waals surface area contributed by atoms with Crippen molar-refractivity contribution < 1.29 is 13.2 Å². The zero-order valence-electron chi connectivity index (χ0n) is 14.4. The highest BCUT2D eigenvalue weighted by Gasteiger charge is 2.43. The Hall–Kier alpha value is -2.13. The van der Waals surface area contributed by atoms with Crippen molar-refractivity contribution in [3.8, 4) is 0 Å². The number of hydrogen-bond acceptors (Lipinski definition) is 5. The zero-order chi connectivity index (χ0) is 19.2. The molecule has 9 heteroatoms. The molecule has 4 rings (SSSR count). The summed E-state index contributed by atoms with van der Waals surface area (Å²) in [6.07, 6.45) is 1.58. The molecule has 1 unspecified atom stereocenters. The first-order valence-corrected chi connectivity index (χ1v) is 9.33. The van der Waals surface area contributed by atoms with Crippen LogP contribution in [0.1, 0.15) is 24.5 Å². The molecular formula is C18H17BrF3N5. The van der Waals surface area contributed by atoms with E-state index in [4.69, 9.17) is 0 Å². The quantitative estimate of drug-likeness (QED) is 0.729. The lowest BCUT2D eigenvalue weighted by molar-refractivity contribution is -0.142. The van der Waals surface area contributed by atoms with E-state index in [-0.39, 0.29) is 0 Å². The molecule has 1 aromatic carbocycles. The Bertz CT molecular complexity index is 912. The first-order valence-electron chi connectivity index (χ1n) is 8.54. The summed E-state index contributed by atoms with van der Waals surface area (Å²) in [7, 11) is 0. The van der Waals surface area contributed by atoms with Crippen molar-refractivity contribution in [1.82, 2.24) is 15.4 Å². The monoisotopic (exact) mass is 439 g/mol. The number of nitrogens with one attached hydrogen (secondary N) is 2. The van der Waals surface area contributed by atoms with Gasteiger partial charge in [-0.15, -0.1) is 0 Å². The van der Waals surface area contributed by atoms with Gasteiger partial charge in [-0.25, -0.2) is 10.4 Å². The number of fused-ring (bicyclic) bond motifs is 1. The third kappa shape index (κ3) is 3.66. The molecule has 27 heavy (non-hydrogen) atoms. The van der Waals surface area contributed by atoms with Crippen molar-refractivity contribution in [1.29, 1.82) is 0 Å². The predicted octanol–water partition coefficient (Wildman–Crippen LogP) is 4.63. The van der Waals surface area contributed by atoms with E-state index in [1.807, 2.05) is 6.07 Å². The zero-order valence-corrected chi connectivity index (χ0v) is 16.0. The van der Waals surface area contributed by atoms with Crippen molar-refractivity contribution in [2.24, 2.45) is 0 Å². The Labute approximate surface area is 162 Å². The molecule has 2 N–H and O–H groups in total. The first-order chi connectivity index (χ1) is 12.8. The maximum Gasteiger partial charge on any atom is 0.409 e. The third-order valence-corrected chi connectivity index (χ3v) is 5.23. The molecule has 2 heterocycles. The summed E-state index contributed by atoms with van der Waals surface area (Å²) in [4.78, 5) is 8.62. The number of benzene rings is 1.